The first kappa shape index (κ1) is 26.2. The van der Waals surface area contributed by atoms with Crippen LogP contribution in [0.15, 0.2) is 56.9 Å². The topological polar surface area (TPSA) is 114 Å². The minimum Gasteiger partial charge on any atom is -0.380 e. The van der Waals surface area contributed by atoms with Crippen LogP contribution in [-0.4, -0.2) is 42.8 Å². The number of carbonyl (C=O) groups is 1. The lowest BCUT2D eigenvalue weighted by atomic mass is 9.82. The van der Waals surface area contributed by atoms with Crippen LogP contribution in [0.2, 0.25) is 0 Å². The third kappa shape index (κ3) is 5.87. The van der Waals surface area contributed by atoms with Crippen LogP contribution in [-0.2, 0) is 32.7 Å². The Morgan fingerprint density at radius 2 is 1.90 bits per heavy atom. The zero-order valence-corrected chi connectivity index (χ0v) is 25.2. The van der Waals surface area contributed by atoms with E-state index in [2.05, 4.69) is 16.8 Å². The molecule has 1 spiro atoms. The molecule has 1 fully saturated rings. The van der Waals surface area contributed by atoms with E-state index in [0.29, 0.717) is 34.4 Å². The molecule has 9 nitrogen and oxygen atoms in total. The first-order valence-corrected chi connectivity index (χ1v) is 16.0. The van der Waals surface area contributed by atoms with E-state index in [1.54, 1.807) is 49.1 Å². The lowest BCUT2D eigenvalue weighted by Crippen LogP contribution is -2.43. The number of anilines is 1. The van der Waals surface area contributed by atoms with Crippen LogP contribution in [0.4, 0.5) is 5.82 Å². The van der Waals surface area contributed by atoms with E-state index in [9.17, 15) is 13.2 Å². The summed E-state index contributed by atoms with van der Waals surface area (Å²) in [5, 5.41) is 3.84. The number of carbonyl (C=O) groups excluding carboxylic acids is 1. The average molecular weight is 596 g/mol. The smallest absolute Gasteiger partial charge is 0.263 e. The van der Waals surface area contributed by atoms with Gasteiger partial charge in [-0.3, -0.25) is 19.4 Å². The van der Waals surface area contributed by atoms with Gasteiger partial charge in [0.2, 0.25) is 0 Å². The number of aryl methyl sites for hydroxylation is 1. The number of hydrogen-bond acceptors (Lipinski definition) is 7. The minimum atomic E-state index is -4.12. The lowest BCUT2D eigenvalue weighted by Gasteiger charge is -2.29. The van der Waals surface area contributed by atoms with Crippen molar-refractivity contribution in [2.24, 2.45) is 4.99 Å². The molecular weight excluding hydrogens is 552 g/mol. The van der Waals surface area contributed by atoms with Crippen molar-refractivity contribution in [3.63, 3.8) is 0 Å². The van der Waals surface area contributed by atoms with Gasteiger partial charge in [-0.2, -0.15) is 0 Å². The number of amides is 1. The number of rotatable bonds is 11. The minimum absolute atomic E-state index is 0.0177. The number of hydrogen-bond donors (Lipinski definition) is 1. The summed E-state index contributed by atoms with van der Waals surface area (Å²) in [5.41, 5.74) is 1.98. The van der Waals surface area contributed by atoms with E-state index in [4.69, 9.17) is 18.4 Å². The molecule has 0 saturated heterocycles. The number of unbranched alkanes of at least 4 members (excludes halogenated alkanes) is 1. The number of ether oxygens (including phenoxy) is 1. The summed E-state index contributed by atoms with van der Waals surface area (Å²) >= 11 is 0. The van der Waals surface area contributed by atoms with Gasteiger partial charge in [0.05, 0.1) is 22.2 Å². The Morgan fingerprint density at radius 1 is 1.12 bits per heavy atom. The van der Waals surface area contributed by atoms with E-state index >= 15 is 0 Å². The number of aliphatic imine (C=N–C) groups is 1. The Bertz CT molecular complexity index is 1690. The number of amidine groups is 1. The van der Waals surface area contributed by atoms with Crippen LogP contribution in [0, 0.1) is 13.8 Å². The summed E-state index contributed by atoms with van der Waals surface area (Å²) in [6.45, 7) is 5.48. The van der Waals surface area contributed by atoms with Crippen molar-refractivity contribution in [2.45, 2.75) is 95.7 Å². The number of methoxy groups -OCH3 is 1. The highest BCUT2D eigenvalue weighted by molar-refractivity contribution is 7.92. The summed E-state index contributed by atoms with van der Waals surface area (Å²) in [6.07, 6.45) is 7.16. The lowest BCUT2D eigenvalue weighted by molar-refractivity contribution is -0.132. The maximum atomic E-state index is 13.8. The second-order valence-corrected chi connectivity index (χ2v) is 12.9. The van der Waals surface area contributed by atoms with Crippen molar-refractivity contribution in [3.8, 4) is 11.1 Å². The predicted octanol–water partition coefficient (Wildman–Crippen LogP) is 6.54. The molecule has 2 aromatic carbocycles. The highest BCUT2D eigenvalue weighted by atomic mass is 32.2. The maximum absolute atomic E-state index is 13.8. The number of nitrogens with one attached hydrogen (secondary N) is 1. The number of aromatic nitrogens is 1. The standard InChI is InChI=1S/C32H40N4O5S/c1-5-6-14-29-33-32(17-10-7-11-18-32)31(37)36(29)20-24-15-16-26(25(19-24)21-40-4)27-12-8-9-13-28(27)42(38,39)35-30-22(2)23(3)41-34-30/h8-9,12-13,15-16,19H,5-7,10-11,14,17-18,20-21H2,1-4H3,(H,34,35)/i4D3. The van der Waals surface area contributed by atoms with Crippen molar-refractivity contribution in [1.82, 2.24) is 10.1 Å². The molecule has 42 heavy (non-hydrogen) atoms. The molecule has 0 unspecified atom stereocenters. The van der Waals surface area contributed by atoms with Crippen molar-refractivity contribution in [1.29, 1.82) is 0 Å². The van der Waals surface area contributed by atoms with Crippen LogP contribution in [0.3, 0.4) is 0 Å². The van der Waals surface area contributed by atoms with Gasteiger partial charge in [0, 0.05) is 24.6 Å². The largest absolute Gasteiger partial charge is 0.380 e. The molecule has 10 heteroatoms. The van der Waals surface area contributed by atoms with Gasteiger partial charge >= 0.3 is 0 Å². The Balaban J connectivity index is 1.51. The molecule has 1 aliphatic heterocycles. The van der Waals surface area contributed by atoms with Gasteiger partial charge in [-0.15, -0.1) is 0 Å². The van der Waals surface area contributed by atoms with Gasteiger partial charge in [-0.25, -0.2) is 8.42 Å². The molecule has 1 amide bonds. The molecule has 2 aliphatic rings. The molecule has 0 atom stereocenters. The van der Waals surface area contributed by atoms with E-state index < -0.39 is 22.6 Å². The van der Waals surface area contributed by atoms with Crippen LogP contribution >= 0.6 is 0 Å². The fraction of sp³-hybridized carbons (Fsp3) is 0.469. The first-order chi connectivity index (χ1) is 21.3. The molecule has 2 heterocycles. The zero-order chi connectivity index (χ0) is 32.4. The fourth-order valence-electron chi connectivity index (χ4n) is 5.88. The third-order valence-corrected chi connectivity index (χ3v) is 9.72. The number of sulfonamides is 1. The Morgan fingerprint density at radius 3 is 2.62 bits per heavy atom. The van der Waals surface area contributed by atoms with Crippen LogP contribution in [0.25, 0.3) is 11.1 Å². The monoisotopic (exact) mass is 595 g/mol. The number of benzene rings is 2. The molecule has 3 aromatic rings. The molecule has 5 rings (SSSR count). The summed E-state index contributed by atoms with van der Waals surface area (Å²) in [7, 11) is -6.79. The summed E-state index contributed by atoms with van der Waals surface area (Å²) in [4.78, 5) is 20.6. The maximum Gasteiger partial charge on any atom is 0.263 e. The first-order valence-electron chi connectivity index (χ1n) is 16.0. The quantitative estimate of drug-likeness (QED) is 0.269. The van der Waals surface area contributed by atoms with Crippen LogP contribution < -0.4 is 4.72 Å². The Hall–Kier alpha value is -3.50. The normalized spacial score (nSPS) is 18.1. The highest BCUT2D eigenvalue weighted by Crippen LogP contribution is 2.39. The SMILES string of the molecule is [2H]C([2H])([2H])OCc1cc(CN2C(=O)C3(CCCCC3)N=C2CCCC)ccc1-c1ccccc1S(=O)(=O)Nc1noc(C)c1C. The predicted molar refractivity (Wildman–Crippen MR) is 163 cm³/mol. The van der Waals surface area contributed by atoms with Gasteiger partial charge in [0.15, 0.2) is 5.82 Å². The highest BCUT2D eigenvalue weighted by Gasteiger charge is 2.48. The molecule has 224 valence electrons. The van der Waals surface area contributed by atoms with E-state index in [0.717, 1.165) is 56.3 Å². The van der Waals surface area contributed by atoms with Gasteiger partial charge in [-0.1, -0.05) is 74.2 Å². The van der Waals surface area contributed by atoms with Gasteiger partial charge in [-0.05, 0) is 55.9 Å². The summed E-state index contributed by atoms with van der Waals surface area (Å²) < 4.78 is 63.0. The number of nitrogens with zero attached hydrogens (tertiary/aromatic N) is 3. The van der Waals surface area contributed by atoms with Crippen molar-refractivity contribution in [3.05, 3.63) is 64.9 Å². The molecule has 1 aromatic heterocycles. The third-order valence-electron chi connectivity index (χ3n) is 8.33. The molecule has 0 bridgehead atoms. The van der Waals surface area contributed by atoms with Gasteiger partial charge < -0.3 is 9.26 Å². The zero-order valence-electron chi connectivity index (χ0n) is 27.4. The molecule has 1 saturated carbocycles. The van der Waals surface area contributed by atoms with E-state index in [1.165, 1.54) is 6.07 Å². The second-order valence-electron chi connectivity index (χ2n) is 11.2. The average Bonchev–Trinajstić information content (AvgIpc) is 3.44. The van der Waals surface area contributed by atoms with Crippen molar-refractivity contribution in [2.75, 3.05) is 11.8 Å². The Labute approximate surface area is 252 Å². The fourth-order valence-corrected chi connectivity index (χ4v) is 7.16. The Kier molecular flexibility index (Phi) is 7.71. The van der Waals surface area contributed by atoms with Crippen LogP contribution in [0.5, 0.6) is 0 Å². The molecule has 1 N–H and O–H groups in total. The van der Waals surface area contributed by atoms with Crippen LogP contribution in [0.1, 0.15) is 84.9 Å². The van der Waals surface area contributed by atoms with Crippen molar-refractivity contribution >= 4 is 27.6 Å². The van der Waals surface area contributed by atoms with Gasteiger partial charge in [0.25, 0.3) is 15.9 Å². The van der Waals surface area contributed by atoms with Crippen molar-refractivity contribution < 1.29 is 26.6 Å². The molecule has 1 aliphatic carbocycles. The summed E-state index contributed by atoms with van der Waals surface area (Å²) in [6, 6.07) is 11.9. The van der Waals surface area contributed by atoms with E-state index in [-0.39, 0.29) is 29.8 Å². The van der Waals surface area contributed by atoms with Gasteiger partial charge in [0.1, 0.15) is 17.1 Å². The summed E-state index contributed by atoms with van der Waals surface area (Å²) in [5.74, 6) is 1.41. The second kappa shape index (κ2) is 12.4. The molecular formula is C32H40N4O5S. The van der Waals surface area contributed by atoms with E-state index in [1.807, 2.05) is 6.07 Å². The molecule has 0 radical (unpaired) electrons.